The van der Waals surface area contributed by atoms with E-state index < -0.39 is 17.6 Å². The van der Waals surface area contributed by atoms with Gasteiger partial charge in [-0.05, 0) is 55.2 Å². The van der Waals surface area contributed by atoms with Gasteiger partial charge >= 0.3 is 6.18 Å². The summed E-state index contributed by atoms with van der Waals surface area (Å²) in [5, 5.41) is 5.89. The molecule has 1 aliphatic carbocycles. The molecule has 1 aliphatic rings. The third-order valence-electron chi connectivity index (χ3n) is 4.81. The van der Waals surface area contributed by atoms with Crippen LogP contribution in [0.4, 0.5) is 24.7 Å². The average Bonchev–Trinajstić information content (AvgIpc) is 2.67. The van der Waals surface area contributed by atoms with Gasteiger partial charge in [0.1, 0.15) is 5.82 Å². The van der Waals surface area contributed by atoms with Crippen molar-refractivity contribution in [3.8, 4) is 0 Å². The molecule has 1 heterocycles. The van der Waals surface area contributed by atoms with Gasteiger partial charge in [-0.2, -0.15) is 13.2 Å². The van der Waals surface area contributed by atoms with E-state index in [-0.39, 0.29) is 0 Å². The number of nitrogens with zero attached hydrogens (tertiary/aromatic N) is 1. The molecular weight excluding hydrogens is 355 g/mol. The van der Waals surface area contributed by atoms with Crippen LogP contribution in [0.25, 0.3) is 0 Å². The van der Waals surface area contributed by atoms with Crippen molar-refractivity contribution in [1.29, 1.82) is 0 Å². The topological polar surface area (TPSA) is 54.0 Å². The van der Waals surface area contributed by atoms with Crippen molar-refractivity contribution in [3.63, 3.8) is 0 Å². The number of pyridine rings is 1. The monoisotopic (exact) mass is 377 g/mol. The Hall–Kier alpha value is -2.57. The maximum absolute atomic E-state index is 12.6. The molecule has 27 heavy (non-hydrogen) atoms. The molecule has 0 atom stereocenters. The third-order valence-corrected chi connectivity index (χ3v) is 4.81. The number of carbonyl (C=O) groups excluding carboxylic acids is 1. The minimum atomic E-state index is -4.40. The number of rotatable bonds is 5. The third kappa shape index (κ3) is 5.21. The second-order valence-electron chi connectivity index (χ2n) is 6.81. The Morgan fingerprint density at radius 1 is 1.07 bits per heavy atom. The van der Waals surface area contributed by atoms with Gasteiger partial charge in [-0.25, -0.2) is 4.98 Å². The fraction of sp³-hybridized carbons (Fsp3) is 0.400. The van der Waals surface area contributed by atoms with Crippen LogP contribution in [0, 0.1) is 5.92 Å². The van der Waals surface area contributed by atoms with Gasteiger partial charge in [0.05, 0.1) is 11.1 Å². The molecule has 0 spiro atoms. The maximum atomic E-state index is 12.6. The van der Waals surface area contributed by atoms with Crippen molar-refractivity contribution in [1.82, 2.24) is 4.98 Å². The summed E-state index contributed by atoms with van der Waals surface area (Å²) in [6.07, 6.45) is 3.30. The Labute approximate surface area is 156 Å². The smallest absolute Gasteiger partial charge is 0.369 e. The molecule has 0 aliphatic heterocycles. The first-order valence-corrected chi connectivity index (χ1v) is 9.11. The average molecular weight is 377 g/mol. The number of amides is 1. The van der Waals surface area contributed by atoms with Crippen molar-refractivity contribution in [2.24, 2.45) is 5.92 Å². The van der Waals surface area contributed by atoms with Crippen molar-refractivity contribution in [2.75, 3.05) is 17.2 Å². The van der Waals surface area contributed by atoms with E-state index in [2.05, 4.69) is 15.6 Å². The van der Waals surface area contributed by atoms with E-state index in [9.17, 15) is 18.0 Å². The van der Waals surface area contributed by atoms with Crippen LogP contribution < -0.4 is 10.6 Å². The number of hydrogen-bond acceptors (Lipinski definition) is 3. The lowest BCUT2D eigenvalue weighted by molar-refractivity contribution is -0.137. The summed E-state index contributed by atoms with van der Waals surface area (Å²) in [7, 11) is 0. The molecule has 4 nitrogen and oxygen atoms in total. The SMILES string of the molecule is O=C(Nc1ccc(C(F)(F)F)cc1)c1cccnc1NCC1CCCCC1. The van der Waals surface area contributed by atoms with Crippen LogP contribution in [-0.4, -0.2) is 17.4 Å². The van der Waals surface area contributed by atoms with E-state index in [4.69, 9.17) is 0 Å². The largest absolute Gasteiger partial charge is 0.416 e. The molecule has 0 saturated heterocycles. The van der Waals surface area contributed by atoms with E-state index in [1.54, 1.807) is 18.3 Å². The van der Waals surface area contributed by atoms with Crippen LogP contribution >= 0.6 is 0 Å². The molecule has 7 heteroatoms. The Morgan fingerprint density at radius 3 is 2.44 bits per heavy atom. The zero-order chi connectivity index (χ0) is 19.3. The Balaban J connectivity index is 1.65. The van der Waals surface area contributed by atoms with Crippen LogP contribution in [0.15, 0.2) is 42.6 Å². The fourth-order valence-corrected chi connectivity index (χ4v) is 3.30. The Kier molecular flexibility index (Phi) is 5.98. The first-order valence-electron chi connectivity index (χ1n) is 9.11. The molecule has 1 aromatic carbocycles. The highest BCUT2D eigenvalue weighted by Gasteiger charge is 2.30. The standard InChI is InChI=1S/C20H22F3N3O/c21-20(22,23)15-8-10-16(11-9-15)26-19(27)17-7-4-12-24-18(17)25-13-14-5-2-1-3-6-14/h4,7-12,14H,1-3,5-6,13H2,(H,24,25)(H,26,27). The zero-order valence-electron chi connectivity index (χ0n) is 14.9. The lowest BCUT2D eigenvalue weighted by atomic mass is 9.89. The molecule has 1 fully saturated rings. The minimum Gasteiger partial charge on any atom is -0.369 e. The summed E-state index contributed by atoms with van der Waals surface area (Å²) in [5.41, 5.74) is -0.0833. The van der Waals surface area contributed by atoms with Gasteiger partial charge < -0.3 is 10.6 Å². The van der Waals surface area contributed by atoms with Gasteiger partial charge in [-0.15, -0.1) is 0 Å². The van der Waals surface area contributed by atoms with Gasteiger partial charge in [0.2, 0.25) is 0 Å². The molecule has 0 bridgehead atoms. The second-order valence-corrected chi connectivity index (χ2v) is 6.81. The second kappa shape index (κ2) is 8.41. The van der Waals surface area contributed by atoms with Gasteiger partial charge in [0, 0.05) is 18.4 Å². The number of halogens is 3. The van der Waals surface area contributed by atoms with E-state index >= 15 is 0 Å². The van der Waals surface area contributed by atoms with E-state index in [0.717, 1.165) is 18.7 Å². The summed E-state index contributed by atoms with van der Waals surface area (Å²) in [6.45, 7) is 0.761. The van der Waals surface area contributed by atoms with Gasteiger partial charge in [0.25, 0.3) is 5.91 Å². The van der Waals surface area contributed by atoms with Crippen molar-refractivity contribution >= 4 is 17.4 Å². The highest BCUT2D eigenvalue weighted by atomic mass is 19.4. The summed E-state index contributed by atoms with van der Waals surface area (Å²) in [4.78, 5) is 16.8. The van der Waals surface area contributed by atoms with Gasteiger partial charge in [-0.1, -0.05) is 19.3 Å². The van der Waals surface area contributed by atoms with E-state index in [0.29, 0.717) is 23.0 Å². The summed E-state index contributed by atoms with van der Waals surface area (Å²) in [6, 6.07) is 7.68. The van der Waals surface area contributed by atoms with Crippen LogP contribution in [0.5, 0.6) is 0 Å². The molecule has 2 N–H and O–H groups in total. The van der Waals surface area contributed by atoms with E-state index in [1.165, 1.54) is 44.2 Å². The molecule has 1 amide bonds. The first kappa shape index (κ1) is 19.2. The van der Waals surface area contributed by atoms with Crippen LogP contribution in [0.2, 0.25) is 0 Å². The number of nitrogens with one attached hydrogen (secondary N) is 2. The van der Waals surface area contributed by atoms with Crippen LogP contribution in [-0.2, 0) is 6.18 Å². The summed E-state index contributed by atoms with van der Waals surface area (Å²) >= 11 is 0. The number of hydrogen-bond donors (Lipinski definition) is 2. The number of anilines is 2. The summed E-state index contributed by atoms with van der Waals surface area (Å²) in [5.74, 6) is 0.660. The van der Waals surface area contributed by atoms with Crippen molar-refractivity contribution in [2.45, 2.75) is 38.3 Å². The molecule has 2 aromatic rings. The molecular formula is C20H22F3N3O. The zero-order valence-corrected chi connectivity index (χ0v) is 14.9. The fourth-order valence-electron chi connectivity index (χ4n) is 3.30. The normalized spacial score (nSPS) is 15.4. The number of carbonyl (C=O) groups is 1. The maximum Gasteiger partial charge on any atom is 0.416 e. The van der Waals surface area contributed by atoms with Crippen molar-refractivity contribution in [3.05, 3.63) is 53.7 Å². The quantitative estimate of drug-likeness (QED) is 0.739. The molecule has 0 unspecified atom stereocenters. The Morgan fingerprint density at radius 2 is 1.78 bits per heavy atom. The number of aromatic nitrogens is 1. The number of alkyl halides is 3. The predicted octanol–water partition coefficient (Wildman–Crippen LogP) is 5.34. The van der Waals surface area contributed by atoms with Crippen molar-refractivity contribution < 1.29 is 18.0 Å². The molecule has 1 saturated carbocycles. The lowest BCUT2D eigenvalue weighted by Gasteiger charge is -2.22. The molecule has 1 aromatic heterocycles. The van der Waals surface area contributed by atoms with Gasteiger partial charge in [-0.3, -0.25) is 4.79 Å². The number of benzene rings is 1. The van der Waals surface area contributed by atoms with E-state index in [1.807, 2.05) is 0 Å². The van der Waals surface area contributed by atoms with Gasteiger partial charge in [0.15, 0.2) is 0 Å². The molecule has 3 rings (SSSR count). The highest BCUT2D eigenvalue weighted by molar-refractivity contribution is 6.07. The predicted molar refractivity (Wildman–Crippen MR) is 98.7 cm³/mol. The van der Waals surface area contributed by atoms with Crippen LogP contribution in [0.1, 0.15) is 48.0 Å². The Bertz CT molecular complexity index is 769. The highest BCUT2D eigenvalue weighted by Crippen LogP contribution is 2.30. The lowest BCUT2D eigenvalue weighted by Crippen LogP contribution is -2.20. The summed E-state index contributed by atoms with van der Waals surface area (Å²) < 4.78 is 37.9. The minimum absolute atomic E-state index is 0.301. The molecule has 0 radical (unpaired) electrons. The van der Waals surface area contributed by atoms with Crippen LogP contribution in [0.3, 0.4) is 0 Å². The molecule has 144 valence electrons. The first-order chi connectivity index (χ1) is 12.9.